The Balaban J connectivity index is 1.73. The van der Waals surface area contributed by atoms with Gasteiger partial charge in [0.05, 0.1) is 19.8 Å². The van der Waals surface area contributed by atoms with Gasteiger partial charge in [-0.05, 0) is 31.4 Å². The number of ether oxygens (including phenoxy) is 1. The van der Waals surface area contributed by atoms with Crippen LogP contribution in [-0.4, -0.2) is 47.3 Å². The molecule has 1 aromatic carbocycles. The number of aliphatic hydroxyl groups is 1. The Morgan fingerprint density at radius 3 is 3.00 bits per heavy atom. The Hall–Kier alpha value is -2.11. The number of aliphatic hydroxyl groups excluding tert-OH is 1. The number of fused-ring (bicyclic) bond motifs is 4. The summed E-state index contributed by atoms with van der Waals surface area (Å²) in [5, 5.41) is 11.7. The lowest BCUT2D eigenvalue weighted by Gasteiger charge is -2.62. The van der Waals surface area contributed by atoms with Gasteiger partial charge in [0, 0.05) is 35.1 Å². The molecule has 6 rings (SSSR count). The van der Waals surface area contributed by atoms with Gasteiger partial charge in [0.2, 0.25) is 0 Å². The minimum Gasteiger partial charge on any atom is -0.468 e. The summed E-state index contributed by atoms with van der Waals surface area (Å²) < 4.78 is 5.22. The maximum Gasteiger partial charge on any atom is 0.316 e. The molecule has 0 amide bonds. The van der Waals surface area contributed by atoms with Crippen LogP contribution in [0.1, 0.15) is 30.6 Å². The molecule has 26 heavy (non-hydrogen) atoms. The predicted molar refractivity (Wildman–Crippen MR) is 98.6 cm³/mol. The van der Waals surface area contributed by atoms with Crippen LogP contribution < -0.4 is 0 Å². The van der Waals surface area contributed by atoms with E-state index in [0.717, 1.165) is 24.9 Å². The van der Waals surface area contributed by atoms with Gasteiger partial charge in [0.1, 0.15) is 5.41 Å². The highest BCUT2D eigenvalue weighted by Gasteiger charge is 2.64. The van der Waals surface area contributed by atoms with Gasteiger partial charge in [0.25, 0.3) is 0 Å². The van der Waals surface area contributed by atoms with Gasteiger partial charge in [-0.2, -0.15) is 0 Å². The second kappa shape index (κ2) is 5.44. The van der Waals surface area contributed by atoms with Crippen LogP contribution in [0.3, 0.4) is 0 Å². The van der Waals surface area contributed by atoms with Crippen LogP contribution in [0.15, 0.2) is 35.9 Å². The molecule has 2 aromatic rings. The standard InChI is InChI=1S/C21H24N2O3/c1-3-12-10-23-17-9-15(12)21(11-24,20(25)26-2)18(23)8-14-13-6-4-5-7-16(13)22-19(14)17/h3-7,15,17-18,22,24H,8-11H2,1-2H3/t15?,17?,18-,21?/m0/s1. The van der Waals surface area contributed by atoms with Crippen LogP contribution in [0.25, 0.3) is 10.9 Å². The number of esters is 1. The molecule has 4 aliphatic heterocycles. The summed E-state index contributed by atoms with van der Waals surface area (Å²) in [6.45, 7) is 2.72. The number of aromatic nitrogens is 1. The Kier molecular flexibility index (Phi) is 3.37. The van der Waals surface area contributed by atoms with E-state index >= 15 is 0 Å². The van der Waals surface area contributed by atoms with Crippen molar-refractivity contribution in [3.05, 3.63) is 47.2 Å². The average molecular weight is 352 g/mol. The van der Waals surface area contributed by atoms with E-state index in [-0.39, 0.29) is 30.6 Å². The molecule has 4 bridgehead atoms. The van der Waals surface area contributed by atoms with Crippen molar-refractivity contribution in [3.8, 4) is 0 Å². The van der Waals surface area contributed by atoms with Crippen molar-refractivity contribution in [2.75, 3.05) is 20.3 Å². The van der Waals surface area contributed by atoms with Gasteiger partial charge in [-0.15, -0.1) is 0 Å². The van der Waals surface area contributed by atoms with Gasteiger partial charge < -0.3 is 14.8 Å². The lowest BCUT2D eigenvalue weighted by atomic mass is 9.55. The smallest absolute Gasteiger partial charge is 0.316 e. The normalized spacial score (nSPS) is 36.3. The van der Waals surface area contributed by atoms with Gasteiger partial charge in [0.15, 0.2) is 0 Å². The molecule has 136 valence electrons. The zero-order chi connectivity index (χ0) is 18.1. The third kappa shape index (κ3) is 1.75. The maximum atomic E-state index is 12.9. The number of carbonyl (C=O) groups is 1. The van der Waals surface area contributed by atoms with E-state index in [1.54, 1.807) is 0 Å². The van der Waals surface area contributed by atoms with Crippen molar-refractivity contribution in [2.45, 2.75) is 31.8 Å². The number of nitrogens with zero attached hydrogens (tertiary/aromatic N) is 1. The first kappa shape index (κ1) is 16.1. The summed E-state index contributed by atoms with van der Waals surface area (Å²) in [6.07, 6.45) is 3.72. The molecule has 0 saturated carbocycles. The number of nitrogens with one attached hydrogen (secondary N) is 1. The summed E-state index contributed by atoms with van der Waals surface area (Å²) >= 11 is 0. The van der Waals surface area contributed by atoms with E-state index in [2.05, 4.69) is 34.2 Å². The minimum atomic E-state index is -0.874. The Labute approximate surface area is 152 Å². The predicted octanol–water partition coefficient (Wildman–Crippen LogP) is 2.57. The molecular weight excluding hydrogens is 328 g/mol. The van der Waals surface area contributed by atoms with Crippen LogP contribution in [0.2, 0.25) is 0 Å². The van der Waals surface area contributed by atoms with E-state index < -0.39 is 5.41 Å². The van der Waals surface area contributed by atoms with Gasteiger partial charge in [-0.1, -0.05) is 29.8 Å². The number of allylic oxidation sites excluding steroid dienone is 1. The second-order valence-corrected chi connectivity index (χ2v) is 7.81. The molecule has 5 nitrogen and oxygen atoms in total. The Morgan fingerprint density at radius 2 is 2.27 bits per heavy atom. The van der Waals surface area contributed by atoms with Crippen molar-refractivity contribution in [2.24, 2.45) is 11.3 Å². The van der Waals surface area contributed by atoms with Crippen LogP contribution in [-0.2, 0) is 16.0 Å². The lowest BCUT2D eigenvalue weighted by molar-refractivity contribution is -0.183. The van der Waals surface area contributed by atoms with E-state index in [9.17, 15) is 9.90 Å². The quantitative estimate of drug-likeness (QED) is 0.644. The summed E-state index contributed by atoms with van der Waals surface area (Å²) in [5.74, 6) is -0.245. The molecule has 2 N–H and O–H groups in total. The number of H-pyrrole nitrogens is 1. The molecule has 0 aliphatic carbocycles. The van der Waals surface area contributed by atoms with Crippen molar-refractivity contribution in [1.82, 2.24) is 9.88 Å². The minimum absolute atomic E-state index is 0.0286. The van der Waals surface area contributed by atoms with Crippen molar-refractivity contribution >= 4 is 16.9 Å². The van der Waals surface area contributed by atoms with Crippen molar-refractivity contribution in [1.29, 1.82) is 0 Å². The van der Waals surface area contributed by atoms with Crippen molar-refractivity contribution < 1.29 is 14.6 Å². The zero-order valence-corrected chi connectivity index (χ0v) is 15.2. The molecule has 5 heterocycles. The van der Waals surface area contributed by atoms with E-state index in [1.807, 2.05) is 13.0 Å². The number of methoxy groups -OCH3 is 1. The van der Waals surface area contributed by atoms with E-state index in [0.29, 0.717) is 0 Å². The molecular formula is C21H24N2O3. The number of benzene rings is 1. The fourth-order valence-electron chi connectivity index (χ4n) is 5.88. The fourth-order valence-corrected chi connectivity index (χ4v) is 5.88. The number of rotatable bonds is 2. The average Bonchev–Trinajstić information content (AvgIpc) is 3.06. The third-order valence-electron chi connectivity index (χ3n) is 7.06. The monoisotopic (exact) mass is 352 g/mol. The highest BCUT2D eigenvalue weighted by molar-refractivity contribution is 5.86. The first-order valence-electron chi connectivity index (χ1n) is 9.35. The molecule has 1 aromatic heterocycles. The van der Waals surface area contributed by atoms with Crippen molar-refractivity contribution in [3.63, 3.8) is 0 Å². The van der Waals surface area contributed by atoms with Crippen LogP contribution >= 0.6 is 0 Å². The van der Waals surface area contributed by atoms with Gasteiger partial charge in [-0.3, -0.25) is 9.69 Å². The number of aromatic amines is 1. The Morgan fingerprint density at radius 1 is 1.46 bits per heavy atom. The number of hydrogen-bond acceptors (Lipinski definition) is 4. The fraction of sp³-hybridized carbons (Fsp3) is 0.476. The van der Waals surface area contributed by atoms with Crippen LogP contribution in [0, 0.1) is 11.3 Å². The van der Waals surface area contributed by atoms with Crippen LogP contribution in [0.4, 0.5) is 0 Å². The summed E-state index contributed by atoms with van der Waals surface area (Å²) in [6, 6.07) is 8.61. The van der Waals surface area contributed by atoms with Crippen LogP contribution in [0.5, 0.6) is 0 Å². The highest BCUT2D eigenvalue weighted by atomic mass is 16.5. The number of para-hydroxylation sites is 1. The molecule has 5 heteroatoms. The first-order valence-corrected chi connectivity index (χ1v) is 9.35. The van der Waals surface area contributed by atoms with E-state index in [4.69, 9.17) is 4.74 Å². The van der Waals surface area contributed by atoms with Gasteiger partial charge >= 0.3 is 5.97 Å². The molecule has 4 aliphatic rings. The van der Waals surface area contributed by atoms with E-state index in [1.165, 1.54) is 29.3 Å². The van der Waals surface area contributed by atoms with Gasteiger partial charge in [-0.25, -0.2) is 0 Å². The highest BCUT2D eigenvalue weighted by Crippen LogP contribution is 2.59. The SMILES string of the molecule is CC=C1CN2C3CC1C(CO)(C(=O)OC)[C@@H]2Cc1c3[nH]c2ccccc12. The number of hydrogen-bond donors (Lipinski definition) is 2. The molecule has 0 spiro atoms. The zero-order valence-electron chi connectivity index (χ0n) is 15.2. The summed E-state index contributed by atoms with van der Waals surface area (Å²) in [5.41, 5.74) is 4.12. The first-order chi connectivity index (χ1) is 12.7. The molecule has 0 radical (unpaired) electrons. The Bertz CT molecular complexity index is 930. The summed E-state index contributed by atoms with van der Waals surface area (Å²) in [4.78, 5) is 19.0. The number of carbonyl (C=O) groups excluding carboxylic acids is 1. The third-order valence-corrected chi connectivity index (χ3v) is 7.06. The molecule has 4 unspecified atom stereocenters. The molecule has 3 fully saturated rings. The number of piperidine rings is 3. The topological polar surface area (TPSA) is 65.6 Å². The largest absolute Gasteiger partial charge is 0.468 e. The lowest BCUT2D eigenvalue weighted by Crippen LogP contribution is -2.69. The maximum absolute atomic E-state index is 12.9. The summed E-state index contributed by atoms with van der Waals surface area (Å²) in [7, 11) is 1.43. The molecule has 3 saturated heterocycles. The molecule has 5 atom stereocenters. The second-order valence-electron chi connectivity index (χ2n) is 7.81.